The van der Waals surface area contributed by atoms with Gasteiger partial charge in [-0.1, -0.05) is 102 Å². The molecule has 0 bridgehead atoms. The van der Waals surface area contributed by atoms with Crippen molar-refractivity contribution in [2.75, 3.05) is 20.3 Å². The van der Waals surface area contributed by atoms with Gasteiger partial charge in [0.1, 0.15) is 36.6 Å². The van der Waals surface area contributed by atoms with Gasteiger partial charge in [0.2, 0.25) is 0 Å². The molecule has 1 N–H and O–H groups in total. The Morgan fingerprint density at radius 2 is 1.39 bits per heavy atom. The zero-order valence-corrected chi connectivity index (χ0v) is 30.0. The van der Waals surface area contributed by atoms with E-state index in [1.807, 2.05) is 91.0 Å². The minimum Gasteiger partial charge on any atom is -0.467 e. The summed E-state index contributed by atoms with van der Waals surface area (Å²) in [5.74, 6) is -1.66. The number of hydrogen-bond acceptors (Lipinski definition) is 13. The number of carbonyl (C=O) groups excluding carboxylic acids is 2. The monoisotopic (exact) mass is 747 g/mol. The topological polar surface area (TPSA) is 186 Å². The smallest absolute Gasteiger partial charge is 0.337 e. The second kappa shape index (κ2) is 20.7. The first kappa shape index (κ1) is 40.5. The predicted octanol–water partition coefficient (Wildman–Crippen LogP) is 4.56. The van der Waals surface area contributed by atoms with Gasteiger partial charge in [0.05, 0.1) is 40.1 Å². The summed E-state index contributed by atoms with van der Waals surface area (Å²) in [6.07, 6.45) is -10.5. The van der Waals surface area contributed by atoms with Crippen LogP contribution in [-0.2, 0) is 72.0 Å². The molecule has 54 heavy (non-hydrogen) atoms. The highest BCUT2D eigenvalue weighted by Crippen LogP contribution is 2.35. The van der Waals surface area contributed by atoms with E-state index in [0.29, 0.717) is 0 Å². The van der Waals surface area contributed by atoms with Crippen LogP contribution in [0, 0.1) is 0 Å². The van der Waals surface area contributed by atoms with Crippen LogP contribution in [0.5, 0.6) is 0 Å². The molecule has 2 saturated heterocycles. The van der Waals surface area contributed by atoms with Crippen molar-refractivity contribution in [2.24, 2.45) is 5.11 Å². The van der Waals surface area contributed by atoms with E-state index < -0.39 is 73.3 Å². The van der Waals surface area contributed by atoms with Gasteiger partial charge in [-0.3, -0.25) is 4.79 Å². The Morgan fingerprint density at radius 1 is 0.815 bits per heavy atom. The van der Waals surface area contributed by atoms with Gasteiger partial charge >= 0.3 is 11.9 Å². The molecule has 0 radical (unpaired) electrons. The number of azide groups is 1. The summed E-state index contributed by atoms with van der Waals surface area (Å²) in [5.41, 5.74) is 12.2. The summed E-state index contributed by atoms with van der Waals surface area (Å²) in [7, 11) is 1.14. The minimum absolute atomic E-state index is 0.0203. The number of benzene rings is 3. The Bertz CT molecular complexity index is 1660. The number of esters is 2. The molecule has 2 heterocycles. The van der Waals surface area contributed by atoms with Gasteiger partial charge in [-0.2, -0.15) is 0 Å². The molecule has 5 rings (SSSR count). The van der Waals surface area contributed by atoms with Crippen LogP contribution in [-0.4, -0.2) is 98.7 Å². The molecule has 3 aromatic carbocycles. The van der Waals surface area contributed by atoms with Crippen molar-refractivity contribution >= 4 is 11.9 Å². The highest BCUT2D eigenvalue weighted by molar-refractivity contribution is 5.75. The summed E-state index contributed by atoms with van der Waals surface area (Å²) in [6, 6.07) is 26.7. The van der Waals surface area contributed by atoms with Crippen molar-refractivity contribution in [3.05, 3.63) is 131 Å². The summed E-state index contributed by atoms with van der Waals surface area (Å²) < 4.78 is 54.5. The standard InChI is InChI=1S/C39H45N3O12/c1-4-20-48-38-30(41-42-40)33(49-22-27-16-10-6-11-17-27)32(29(52-38)24-47-21-26-14-8-5-9-15-26)53-39-36(51-25(2)43)34(31(44)35(54-39)37(45)46-3)50-23-28-18-12-7-13-19-28/h4-19,29-36,38-39,44H,1,20-24H2,2-3H3/t29-,30-,31+,32-,33-,34+,35-,36-,38+,39-/m1/s1. The zero-order valence-electron chi connectivity index (χ0n) is 30.0. The van der Waals surface area contributed by atoms with Crippen molar-refractivity contribution in [3.8, 4) is 0 Å². The molecule has 0 aliphatic carbocycles. The third-order valence-electron chi connectivity index (χ3n) is 8.69. The number of methoxy groups -OCH3 is 1. The van der Waals surface area contributed by atoms with Crippen LogP contribution in [0.1, 0.15) is 23.6 Å². The van der Waals surface area contributed by atoms with E-state index in [-0.39, 0.29) is 33.0 Å². The normalized spacial score (nSPS) is 28.0. The minimum atomic E-state index is -1.64. The molecule has 10 atom stereocenters. The number of carbonyl (C=O) groups is 2. The van der Waals surface area contributed by atoms with Gasteiger partial charge in [0, 0.05) is 11.8 Å². The number of ether oxygens (including phenoxy) is 9. The quantitative estimate of drug-likeness (QED) is 0.0630. The summed E-state index contributed by atoms with van der Waals surface area (Å²) >= 11 is 0. The summed E-state index contributed by atoms with van der Waals surface area (Å²) in [5, 5.41) is 15.5. The van der Waals surface area contributed by atoms with Crippen LogP contribution in [0.25, 0.3) is 10.4 Å². The lowest BCUT2D eigenvalue weighted by atomic mass is 9.95. The maximum atomic E-state index is 13.0. The Balaban J connectivity index is 1.53. The van der Waals surface area contributed by atoms with Gasteiger partial charge in [0.15, 0.2) is 24.8 Å². The molecule has 2 aliphatic rings. The van der Waals surface area contributed by atoms with Crippen LogP contribution in [0.4, 0.5) is 0 Å². The molecule has 0 aromatic heterocycles. The van der Waals surface area contributed by atoms with Crippen LogP contribution in [0.15, 0.2) is 109 Å². The lowest BCUT2D eigenvalue weighted by Crippen LogP contribution is -2.66. The maximum Gasteiger partial charge on any atom is 0.337 e. The third kappa shape index (κ3) is 10.9. The molecule has 2 fully saturated rings. The third-order valence-corrected chi connectivity index (χ3v) is 8.69. The van der Waals surface area contributed by atoms with E-state index in [2.05, 4.69) is 16.6 Å². The van der Waals surface area contributed by atoms with Crippen LogP contribution in [0.2, 0.25) is 0 Å². The second-order valence-corrected chi connectivity index (χ2v) is 12.5. The second-order valence-electron chi connectivity index (χ2n) is 12.5. The Hall–Kier alpha value is -4.67. The van der Waals surface area contributed by atoms with Crippen molar-refractivity contribution in [1.82, 2.24) is 0 Å². The summed E-state index contributed by atoms with van der Waals surface area (Å²) in [4.78, 5) is 28.7. The van der Waals surface area contributed by atoms with E-state index in [4.69, 9.17) is 42.6 Å². The lowest BCUT2D eigenvalue weighted by Gasteiger charge is -2.48. The predicted molar refractivity (Wildman–Crippen MR) is 191 cm³/mol. The Morgan fingerprint density at radius 3 is 1.93 bits per heavy atom. The highest BCUT2D eigenvalue weighted by Gasteiger charge is 2.55. The van der Waals surface area contributed by atoms with E-state index in [1.54, 1.807) is 0 Å². The number of hydrogen-bond donors (Lipinski definition) is 1. The van der Waals surface area contributed by atoms with Gasteiger partial charge in [-0.15, -0.1) is 6.58 Å². The fourth-order valence-corrected chi connectivity index (χ4v) is 6.17. The van der Waals surface area contributed by atoms with Crippen LogP contribution < -0.4 is 0 Å². The van der Waals surface area contributed by atoms with Gasteiger partial charge < -0.3 is 47.7 Å². The largest absolute Gasteiger partial charge is 0.467 e. The van der Waals surface area contributed by atoms with E-state index in [9.17, 15) is 20.2 Å². The Labute approximate surface area is 313 Å². The van der Waals surface area contributed by atoms with Crippen LogP contribution in [0.3, 0.4) is 0 Å². The molecule has 0 unspecified atom stereocenters. The van der Waals surface area contributed by atoms with Crippen molar-refractivity contribution < 1.29 is 57.3 Å². The molecule has 3 aromatic rings. The first-order valence-electron chi connectivity index (χ1n) is 17.4. The fourth-order valence-electron chi connectivity index (χ4n) is 6.17. The SMILES string of the molecule is C=CCO[C@H]1O[C@H](COCc2ccccc2)[C@@H](O[C@@H]2O[C@@H](C(=O)OC)[C@@H](O)[C@H](OCc3ccccc3)[C@H]2OC(C)=O)[C@H](OCc2ccccc2)[C@H]1N=[N+]=[N-]. The van der Waals surface area contributed by atoms with Gasteiger partial charge in [-0.25, -0.2) is 4.79 Å². The first-order chi connectivity index (χ1) is 26.3. The molecule has 288 valence electrons. The molecular weight excluding hydrogens is 702 g/mol. The van der Waals surface area contributed by atoms with Crippen molar-refractivity contribution in [2.45, 2.75) is 88.1 Å². The van der Waals surface area contributed by atoms with Crippen LogP contribution >= 0.6 is 0 Å². The molecule has 2 aliphatic heterocycles. The lowest BCUT2D eigenvalue weighted by molar-refractivity contribution is -0.350. The van der Waals surface area contributed by atoms with E-state index in [0.717, 1.165) is 23.8 Å². The van der Waals surface area contributed by atoms with Crippen molar-refractivity contribution in [1.29, 1.82) is 0 Å². The average Bonchev–Trinajstić information content (AvgIpc) is 3.19. The van der Waals surface area contributed by atoms with E-state index >= 15 is 0 Å². The molecular formula is C39H45N3O12. The number of rotatable bonds is 18. The number of aliphatic hydroxyl groups excluding tert-OH is 1. The fraction of sp³-hybridized carbons (Fsp3) is 0.436. The van der Waals surface area contributed by atoms with Crippen molar-refractivity contribution in [3.63, 3.8) is 0 Å². The van der Waals surface area contributed by atoms with E-state index in [1.165, 1.54) is 13.0 Å². The maximum absolute atomic E-state index is 13.0. The molecule has 15 heteroatoms. The molecule has 0 spiro atoms. The molecule has 15 nitrogen and oxygen atoms in total. The average molecular weight is 748 g/mol. The van der Waals surface area contributed by atoms with Gasteiger partial charge in [-0.05, 0) is 22.2 Å². The number of aliphatic hydroxyl groups is 1. The Kier molecular flexibility index (Phi) is 15.5. The summed E-state index contributed by atoms with van der Waals surface area (Å²) in [6.45, 7) is 5.12. The highest BCUT2D eigenvalue weighted by atomic mass is 16.8. The molecule has 0 amide bonds. The molecule has 0 saturated carbocycles. The zero-order chi connectivity index (χ0) is 38.3. The number of nitrogens with zero attached hydrogens (tertiary/aromatic N) is 3. The van der Waals surface area contributed by atoms with Gasteiger partial charge in [0.25, 0.3) is 0 Å². The first-order valence-corrected chi connectivity index (χ1v) is 17.4.